The van der Waals surface area contributed by atoms with E-state index in [-0.39, 0.29) is 89.9 Å². The number of aryl methyl sites for hydroxylation is 1. The number of aromatic carboxylic acids is 1. The van der Waals surface area contributed by atoms with Crippen molar-refractivity contribution in [3.05, 3.63) is 130 Å². The van der Waals surface area contributed by atoms with Crippen LogP contribution in [0.1, 0.15) is 108 Å². The lowest BCUT2D eigenvalue weighted by atomic mass is 9.90. The van der Waals surface area contributed by atoms with Gasteiger partial charge in [-0.25, -0.2) is 14.4 Å². The Morgan fingerprint density at radius 2 is 1.34 bits per heavy atom. The van der Waals surface area contributed by atoms with Crippen LogP contribution >= 0.6 is 12.2 Å². The van der Waals surface area contributed by atoms with Crippen molar-refractivity contribution in [2.45, 2.75) is 142 Å². The molecule has 520 valence electrons. The maximum atomic E-state index is 14.3. The highest BCUT2D eigenvalue weighted by Crippen LogP contribution is 2.43. The molecule has 0 saturated carbocycles. The largest absolute Gasteiger partial charge is 0.508 e. The molecule has 0 bridgehead atoms. The summed E-state index contributed by atoms with van der Waals surface area (Å²) in [6, 6.07) is 16.9. The summed E-state index contributed by atoms with van der Waals surface area (Å²) in [5.41, 5.74) is 3.83. The van der Waals surface area contributed by atoms with Crippen molar-refractivity contribution >= 4 is 111 Å². The molecule has 1 fully saturated rings. The number of aromatic hydroxyl groups is 1. The number of hydrogen-bond donors (Lipinski definition) is 14. The van der Waals surface area contributed by atoms with E-state index in [1.54, 1.807) is 76.2 Å². The van der Waals surface area contributed by atoms with Crippen LogP contribution in [0, 0.1) is 18.8 Å². The molecule has 2 heterocycles. The first kappa shape index (κ1) is 74.4. The number of rotatable bonds is 30. The number of likely N-dealkylation sites (tertiary alicyclic amines) is 1. The third-order valence-electron chi connectivity index (χ3n) is 16.2. The van der Waals surface area contributed by atoms with Gasteiger partial charge in [0.15, 0.2) is 10.5 Å². The minimum Gasteiger partial charge on any atom is -0.508 e. The van der Waals surface area contributed by atoms with E-state index in [1.807, 2.05) is 19.1 Å². The molecule has 1 aliphatic carbocycles. The Kier molecular flexibility index (Phi) is 25.9. The topological polar surface area (TPSA) is 422 Å². The molecule has 7 rings (SSSR count). The van der Waals surface area contributed by atoms with Gasteiger partial charge in [-0.1, -0.05) is 58.0 Å². The van der Waals surface area contributed by atoms with Crippen LogP contribution in [0.4, 0.5) is 21.9 Å². The number of phenols is 1. The second-order valence-corrected chi connectivity index (χ2v) is 25.1. The lowest BCUT2D eigenvalue weighted by molar-refractivity contribution is -0.144. The number of anilines is 3. The fourth-order valence-electron chi connectivity index (χ4n) is 11.1. The molecule has 0 aromatic heterocycles. The second-order valence-electron chi connectivity index (χ2n) is 24.7. The molecule has 7 unspecified atom stereocenters. The number of benzene rings is 5. The molecule has 29 heteroatoms. The second kappa shape index (κ2) is 34.1. The lowest BCUT2D eigenvalue weighted by Crippen LogP contribution is -2.60. The molecule has 2 aliphatic heterocycles. The number of urea groups is 1. The number of nitrogens with zero attached hydrogens (tertiary/aromatic N) is 1. The summed E-state index contributed by atoms with van der Waals surface area (Å²) in [5.74, 6) is -10.3. The minimum absolute atomic E-state index is 0.0247. The Morgan fingerprint density at radius 1 is 0.663 bits per heavy atom. The zero-order valence-corrected chi connectivity index (χ0v) is 55.9. The number of amides is 9. The van der Waals surface area contributed by atoms with Gasteiger partial charge in [-0.05, 0) is 161 Å². The standard InChI is InChI=1S/C69H81N11O17S/c1-35(2)29-51(75-56(83)30-40-17-19-41(20-18-40)73-68(96)78-49-14-9-8-13-37(49)5)62(88)77-52(34-57(84)85)63(89)79-59(36(3)4)65(91)80-28-12-16-53(80)64(90)72-38(6)60(86)71-39(7)61(87)76-50(67(94)95)15-10-11-27-70-69(98)74-42-21-24-45(66(92)93)48(31-42)58-46-25-22-43(81)32-54(46)97-55-33-44(82)23-26-47(55)58/h8-9,13-14,17-26,31-33,35-36,38-39,50-53,59,81H,10-12,15-16,27-30,34H2,1-7H3,(H,71,86)(H,72,90)(H,75,83)(H,76,87)(H,77,88)(H,79,89)(H,84,85)(H,92,93)(H,94,95)(H2,70,74,98)(H2,73,78,96). The number of nitrogens with one attached hydrogen (secondary N) is 10. The molecule has 4 aromatic rings. The molecule has 1 saturated heterocycles. The summed E-state index contributed by atoms with van der Waals surface area (Å²) in [6.07, 6.45) is 0.162. The Bertz CT molecular complexity index is 4030. The molecular formula is C69H81N11O17S. The third-order valence-corrected chi connectivity index (χ3v) is 16.4. The van der Waals surface area contributed by atoms with Gasteiger partial charge in [0.05, 0.1) is 18.4 Å². The molecule has 0 spiro atoms. The number of fused-ring (bicyclic) bond motifs is 2. The normalized spacial score (nSPS) is 14.5. The Hall–Kier alpha value is -11.0. The summed E-state index contributed by atoms with van der Waals surface area (Å²) in [6.45, 7) is 11.6. The van der Waals surface area contributed by atoms with Crippen LogP contribution in [-0.2, 0) is 49.6 Å². The summed E-state index contributed by atoms with van der Waals surface area (Å²) >= 11 is 5.52. The van der Waals surface area contributed by atoms with Crippen molar-refractivity contribution in [2.75, 3.05) is 29.0 Å². The van der Waals surface area contributed by atoms with Gasteiger partial charge in [0.2, 0.25) is 41.4 Å². The molecular weight excluding hydrogens is 1290 g/mol. The smallest absolute Gasteiger partial charge is 0.336 e. The van der Waals surface area contributed by atoms with Crippen LogP contribution in [0.2, 0.25) is 0 Å². The number of unbranched alkanes of at least 4 members (excludes halogenated alkanes) is 1. The zero-order chi connectivity index (χ0) is 71.7. The van der Waals surface area contributed by atoms with Crippen molar-refractivity contribution in [1.29, 1.82) is 0 Å². The highest BCUT2D eigenvalue weighted by atomic mass is 32.1. The van der Waals surface area contributed by atoms with Gasteiger partial charge in [0, 0.05) is 58.8 Å². The predicted octanol–water partition coefficient (Wildman–Crippen LogP) is 5.82. The van der Waals surface area contributed by atoms with Gasteiger partial charge in [-0.2, -0.15) is 0 Å². The van der Waals surface area contributed by atoms with E-state index >= 15 is 0 Å². The maximum absolute atomic E-state index is 14.3. The van der Waals surface area contributed by atoms with Crippen LogP contribution in [0.5, 0.6) is 5.75 Å². The average molecular weight is 1370 g/mol. The van der Waals surface area contributed by atoms with Crippen molar-refractivity contribution in [1.82, 2.24) is 42.1 Å². The van der Waals surface area contributed by atoms with E-state index in [1.165, 1.54) is 61.2 Å². The number of thiocarbonyl (C=S) groups is 1. The third kappa shape index (κ3) is 20.5. The molecule has 28 nitrogen and oxygen atoms in total. The SMILES string of the molecule is Cc1ccccc1NC(=O)Nc1ccc(CC(=O)NC(CC(C)C)C(=O)NC(CC(=O)O)C(=O)NC(C(=O)N2CCCC2C(=O)NC(C)C(=O)NC(C)C(=O)NC(CCCCNC(=S)Nc2ccc(C(=O)O)c(-c3c4ccc(=O)cc-4oc4cc(O)ccc34)c2)C(=O)O)C(C)C)cc1. The first-order chi connectivity index (χ1) is 46.5. The average Bonchev–Trinajstić information content (AvgIpc) is 0.818. The van der Waals surface area contributed by atoms with E-state index < -0.39 is 120 Å². The summed E-state index contributed by atoms with van der Waals surface area (Å²) in [5, 5.41) is 67.6. The number of carboxylic acids is 3. The summed E-state index contributed by atoms with van der Waals surface area (Å²) in [4.78, 5) is 159. The van der Waals surface area contributed by atoms with E-state index in [2.05, 4.69) is 53.2 Å². The van der Waals surface area contributed by atoms with Gasteiger partial charge in [0.25, 0.3) is 0 Å². The summed E-state index contributed by atoms with van der Waals surface area (Å²) in [7, 11) is 0. The van der Waals surface area contributed by atoms with Gasteiger partial charge >= 0.3 is 23.9 Å². The minimum atomic E-state index is -1.72. The molecule has 7 atom stereocenters. The van der Waals surface area contributed by atoms with Gasteiger partial charge in [0.1, 0.15) is 59.4 Å². The fourth-order valence-corrected chi connectivity index (χ4v) is 11.3. The molecule has 0 radical (unpaired) electrons. The highest BCUT2D eigenvalue weighted by Gasteiger charge is 2.41. The van der Waals surface area contributed by atoms with Crippen LogP contribution in [-0.4, -0.2) is 151 Å². The number of phenolic OH excluding ortho intramolecular Hbond substituents is 1. The number of carbonyl (C=O) groups excluding carboxylic acids is 8. The van der Waals surface area contributed by atoms with Crippen LogP contribution in [0.3, 0.4) is 0 Å². The van der Waals surface area contributed by atoms with E-state index in [4.69, 9.17) is 16.6 Å². The molecule has 9 amide bonds. The van der Waals surface area contributed by atoms with Crippen molar-refractivity contribution < 1.29 is 77.6 Å². The molecule has 4 aromatic carbocycles. The fraction of sp³-hybridized carbons (Fsp3) is 0.377. The van der Waals surface area contributed by atoms with Gasteiger partial charge in [-0.15, -0.1) is 0 Å². The van der Waals surface area contributed by atoms with Crippen LogP contribution < -0.4 is 58.6 Å². The van der Waals surface area contributed by atoms with E-state index in [9.17, 15) is 78.0 Å². The number of carbonyl (C=O) groups is 11. The van der Waals surface area contributed by atoms with Crippen LogP contribution in [0.25, 0.3) is 33.4 Å². The van der Waals surface area contributed by atoms with Crippen LogP contribution in [0.15, 0.2) is 112 Å². The lowest BCUT2D eigenvalue weighted by Gasteiger charge is -2.32. The number of para-hydroxylation sites is 1. The summed E-state index contributed by atoms with van der Waals surface area (Å²) < 4.78 is 5.93. The zero-order valence-electron chi connectivity index (χ0n) is 55.0. The maximum Gasteiger partial charge on any atom is 0.336 e. The monoisotopic (exact) mass is 1370 g/mol. The predicted molar refractivity (Wildman–Crippen MR) is 367 cm³/mol. The first-order valence-corrected chi connectivity index (χ1v) is 32.3. The Balaban J connectivity index is 0.865. The van der Waals surface area contributed by atoms with E-state index in [0.29, 0.717) is 52.0 Å². The quantitative estimate of drug-likeness (QED) is 0.0143. The number of aliphatic carboxylic acids is 2. The van der Waals surface area contributed by atoms with Crippen molar-refractivity contribution in [2.24, 2.45) is 11.8 Å². The Morgan fingerprint density at radius 3 is 2.01 bits per heavy atom. The Labute approximate surface area is 569 Å². The first-order valence-electron chi connectivity index (χ1n) is 31.9. The highest BCUT2D eigenvalue weighted by molar-refractivity contribution is 7.80. The van der Waals surface area contributed by atoms with Gasteiger partial charge in [-0.3, -0.25) is 43.2 Å². The van der Waals surface area contributed by atoms with Crippen molar-refractivity contribution in [3.63, 3.8) is 0 Å². The van der Waals surface area contributed by atoms with Gasteiger partial charge < -0.3 is 82.9 Å². The van der Waals surface area contributed by atoms with E-state index in [0.717, 1.165) is 5.56 Å². The molecule has 98 heavy (non-hydrogen) atoms. The number of carboxylic acid groups (broad SMARTS) is 3. The molecule has 3 aliphatic rings. The number of hydrogen-bond acceptors (Lipinski definition) is 15. The molecule has 14 N–H and O–H groups in total. The van der Waals surface area contributed by atoms with Crippen molar-refractivity contribution in [3.8, 4) is 28.2 Å².